The van der Waals surface area contributed by atoms with Gasteiger partial charge in [0.15, 0.2) is 0 Å². The Kier molecular flexibility index (Phi) is 5.92. The van der Waals surface area contributed by atoms with Gasteiger partial charge in [-0.1, -0.05) is 60.7 Å². The van der Waals surface area contributed by atoms with E-state index >= 15 is 0 Å². The molecule has 1 fully saturated rings. The van der Waals surface area contributed by atoms with E-state index in [9.17, 15) is 4.79 Å². The van der Waals surface area contributed by atoms with Crippen LogP contribution in [0.2, 0.25) is 0 Å². The number of nitrogens with zero attached hydrogens (tertiary/aromatic N) is 1. The third kappa shape index (κ3) is 4.66. The number of likely N-dealkylation sites (tertiary alicyclic amines) is 1. The normalized spacial score (nSPS) is 16.5. The molecule has 0 spiro atoms. The highest BCUT2D eigenvalue weighted by atomic mass is 16.5. The first-order valence-electron chi connectivity index (χ1n) is 10.0. The molecule has 1 atom stereocenters. The number of hydrogen-bond acceptors (Lipinski definition) is 3. The van der Waals surface area contributed by atoms with Crippen LogP contribution in [0.4, 0.5) is 0 Å². The predicted molar refractivity (Wildman–Crippen MR) is 116 cm³/mol. The maximum atomic E-state index is 12.4. The summed E-state index contributed by atoms with van der Waals surface area (Å²) in [5.41, 5.74) is 4.25. The van der Waals surface area contributed by atoms with E-state index in [4.69, 9.17) is 4.74 Å². The first-order valence-corrected chi connectivity index (χ1v) is 10.0. The van der Waals surface area contributed by atoms with Gasteiger partial charge in [-0.15, -0.1) is 0 Å². The first kappa shape index (κ1) is 19.2. The second-order valence-electron chi connectivity index (χ2n) is 7.46. The van der Waals surface area contributed by atoms with Gasteiger partial charge < -0.3 is 10.1 Å². The molecule has 3 aromatic rings. The average molecular weight is 386 g/mol. The molecule has 0 aromatic heterocycles. The number of benzene rings is 3. The smallest absolute Gasteiger partial charge is 0.251 e. The van der Waals surface area contributed by atoms with Crippen molar-refractivity contribution >= 4 is 5.91 Å². The summed E-state index contributed by atoms with van der Waals surface area (Å²) in [6.45, 7) is 2.77. The highest BCUT2D eigenvalue weighted by Gasteiger charge is 2.24. The maximum Gasteiger partial charge on any atom is 0.251 e. The Morgan fingerprint density at radius 1 is 1.00 bits per heavy atom. The molecule has 4 rings (SSSR count). The lowest BCUT2D eigenvalue weighted by Crippen LogP contribution is -2.36. The second-order valence-corrected chi connectivity index (χ2v) is 7.46. The number of carbonyl (C=O) groups is 1. The summed E-state index contributed by atoms with van der Waals surface area (Å²) in [5.74, 6) is 0.899. The van der Waals surface area contributed by atoms with Gasteiger partial charge in [-0.2, -0.15) is 0 Å². The SMILES string of the molecule is COc1ccccc1-c1ccc(CN2CCC(NC(=O)c3ccccc3)C2)cc1. The zero-order valence-corrected chi connectivity index (χ0v) is 16.7. The van der Waals surface area contributed by atoms with Gasteiger partial charge in [-0.25, -0.2) is 0 Å². The van der Waals surface area contributed by atoms with Crippen molar-refractivity contribution in [3.63, 3.8) is 0 Å². The van der Waals surface area contributed by atoms with E-state index in [1.165, 1.54) is 5.56 Å². The Morgan fingerprint density at radius 3 is 2.48 bits per heavy atom. The lowest BCUT2D eigenvalue weighted by Gasteiger charge is -2.17. The van der Waals surface area contributed by atoms with E-state index in [2.05, 4.69) is 40.5 Å². The number of rotatable bonds is 6. The van der Waals surface area contributed by atoms with Crippen molar-refractivity contribution in [2.45, 2.75) is 19.0 Å². The molecule has 3 aromatic carbocycles. The zero-order valence-electron chi connectivity index (χ0n) is 16.7. The summed E-state index contributed by atoms with van der Waals surface area (Å²) in [7, 11) is 1.70. The minimum absolute atomic E-state index is 0.0126. The van der Waals surface area contributed by atoms with Crippen LogP contribution in [-0.4, -0.2) is 37.0 Å². The Morgan fingerprint density at radius 2 is 1.72 bits per heavy atom. The van der Waals surface area contributed by atoms with Gasteiger partial charge in [0.1, 0.15) is 5.75 Å². The van der Waals surface area contributed by atoms with E-state index in [1.54, 1.807) is 7.11 Å². The zero-order chi connectivity index (χ0) is 20.1. The van der Waals surface area contributed by atoms with Crippen molar-refractivity contribution in [1.82, 2.24) is 10.2 Å². The Hall–Kier alpha value is -3.11. The largest absolute Gasteiger partial charge is 0.496 e. The molecule has 4 nitrogen and oxygen atoms in total. The molecule has 0 radical (unpaired) electrons. The minimum atomic E-state index is 0.0126. The third-order valence-corrected chi connectivity index (χ3v) is 5.42. The number of hydrogen-bond donors (Lipinski definition) is 1. The van der Waals surface area contributed by atoms with E-state index in [0.717, 1.165) is 48.5 Å². The summed E-state index contributed by atoms with van der Waals surface area (Å²) in [4.78, 5) is 14.7. The summed E-state index contributed by atoms with van der Waals surface area (Å²) < 4.78 is 5.47. The fourth-order valence-corrected chi connectivity index (χ4v) is 3.88. The fraction of sp³-hybridized carbons (Fsp3) is 0.240. The standard InChI is InChI=1S/C25H26N2O2/c1-29-24-10-6-5-9-23(24)20-13-11-19(12-14-20)17-27-16-15-22(18-27)26-25(28)21-7-3-2-4-8-21/h2-14,22H,15-18H2,1H3,(H,26,28). The molecule has 148 valence electrons. The van der Waals surface area contributed by atoms with Crippen molar-refractivity contribution in [2.75, 3.05) is 20.2 Å². The molecule has 0 aliphatic carbocycles. The second kappa shape index (κ2) is 8.93. The van der Waals surface area contributed by atoms with Gasteiger partial charge >= 0.3 is 0 Å². The van der Waals surface area contributed by atoms with Crippen LogP contribution < -0.4 is 10.1 Å². The maximum absolute atomic E-state index is 12.4. The van der Waals surface area contributed by atoms with Crippen LogP contribution in [0, 0.1) is 0 Å². The molecule has 1 saturated heterocycles. The quantitative estimate of drug-likeness (QED) is 0.684. The molecule has 1 N–H and O–H groups in total. The lowest BCUT2D eigenvalue weighted by atomic mass is 10.0. The monoisotopic (exact) mass is 386 g/mol. The number of para-hydroxylation sites is 1. The van der Waals surface area contributed by atoms with Crippen molar-refractivity contribution in [3.05, 3.63) is 90.0 Å². The van der Waals surface area contributed by atoms with Crippen molar-refractivity contribution in [2.24, 2.45) is 0 Å². The van der Waals surface area contributed by atoms with Crippen LogP contribution in [0.5, 0.6) is 5.75 Å². The molecule has 29 heavy (non-hydrogen) atoms. The van der Waals surface area contributed by atoms with E-state index in [0.29, 0.717) is 0 Å². The Bertz CT molecular complexity index is 954. The van der Waals surface area contributed by atoms with Gasteiger partial charge in [0, 0.05) is 36.8 Å². The Balaban J connectivity index is 1.34. The van der Waals surface area contributed by atoms with Crippen molar-refractivity contribution in [3.8, 4) is 16.9 Å². The molecule has 1 amide bonds. The number of carbonyl (C=O) groups excluding carboxylic acids is 1. The highest BCUT2D eigenvalue weighted by Crippen LogP contribution is 2.29. The van der Waals surface area contributed by atoms with Crippen molar-refractivity contribution in [1.29, 1.82) is 0 Å². The topological polar surface area (TPSA) is 41.6 Å². The molecule has 1 aliphatic heterocycles. The van der Waals surface area contributed by atoms with Gasteiger partial charge in [0.25, 0.3) is 5.91 Å². The number of methoxy groups -OCH3 is 1. The average Bonchev–Trinajstić information content (AvgIpc) is 3.21. The summed E-state index contributed by atoms with van der Waals surface area (Å²) >= 11 is 0. The van der Waals surface area contributed by atoms with Gasteiger partial charge in [-0.3, -0.25) is 9.69 Å². The van der Waals surface area contributed by atoms with E-state index in [1.807, 2.05) is 48.5 Å². The minimum Gasteiger partial charge on any atom is -0.496 e. The molecule has 0 bridgehead atoms. The van der Waals surface area contributed by atoms with E-state index < -0.39 is 0 Å². The number of amides is 1. The van der Waals surface area contributed by atoms with Crippen LogP contribution in [0.25, 0.3) is 11.1 Å². The number of nitrogens with one attached hydrogen (secondary N) is 1. The van der Waals surface area contributed by atoms with Crippen molar-refractivity contribution < 1.29 is 9.53 Å². The summed E-state index contributed by atoms with van der Waals surface area (Å²) in [5, 5.41) is 3.16. The van der Waals surface area contributed by atoms with Crippen LogP contribution in [0.3, 0.4) is 0 Å². The fourth-order valence-electron chi connectivity index (χ4n) is 3.88. The lowest BCUT2D eigenvalue weighted by molar-refractivity contribution is 0.0937. The molecule has 4 heteroatoms. The van der Waals surface area contributed by atoms with Gasteiger partial charge in [0.2, 0.25) is 0 Å². The highest BCUT2D eigenvalue weighted by molar-refractivity contribution is 5.94. The molecular weight excluding hydrogens is 360 g/mol. The summed E-state index contributed by atoms with van der Waals surface area (Å²) in [6, 6.07) is 26.3. The van der Waals surface area contributed by atoms with Crippen LogP contribution in [0.1, 0.15) is 22.3 Å². The molecule has 1 unspecified atom stereocenters. The molecular formula is C25H26N2O2. The molecule has 1 aliphatic rings. The van der Waals surface area contributed by atoms with Gasteiger partial charge in [0.05, 0.1) is 7.11 Å². The third-order valence-electron chi connectivity index (χ3n) is 5.42. The van der Waals surface area contributed by atoms with E-state index in [-0.39, 0.29) is 11.9 Å². The van der Waals surface area contributed by atoms with Crippen LogP contribution >= 0.6 is 0 Å². The predicted octanol–water partition coefficient (Wildman–Crippen LogP) is 4.37. The van der Waals surface area contributed by atoms with Crippen LogP contribution in [-0.2, 0) is 6.54 Å². The number of ether oxygens (including phenoxy) is 1. The van der Waals surface area contributed by atoms with Crippen LogP contribution in [0.15, 0.2) is 78.9 Å². The Labute approximate surface area is 172 Å². The van der Waals surface area contributed by atoms with Gasteiger partial charge in [-0.05, 0) is 35.7 Å². The summed E-state index contributed by atoms with van der Waals surface area (Å²) in [6.07, 6.45) is 0.984. The first-order chi connectivity index (χ1) is 14.2. The molecule has 1 heterocycles. The molecule has 0 saturated carbocycles.